The van der Waals surface area contributed by atoms with Crippen LogP contribution in [0.2, 0.25) is 0 Å². The molecule has 0 spiro atoms. The minimum Gasteiger partial charge on any atom is -0.481 e. The number of carboxylic acids is 1. The Balaban J connectivity index is 2.26. The number of rotatable bonds is 4. The van der Waals surface area contributed by atoms with Crippen molar-refractivity contribution in [3.05, 3.63) is 0 Å². The molecule has 0 heterocycles. The summed E-state index contributed by atoms with van der Waals surface area (Å²) in [5.41, 5.74) is 0.440. The molecule has 3 heteroatoms. The smallest absolute Gasteiger partial charge is 0.305 e. The van der Waals surface area contributed by atoms with Crippen molar-refractivity contribution >= 4 is 5.97 Å². The van der Waals surface area contributed by atoms with E-state index < -0.39 is 5.97 Å². The predicted octanol–water partition coefficient (Wildman–Crippen LogP) is 2.84. The van der Waals surface area contributed by atoms with Crippen LogP contribution in [0.4, 0.5) is 0 Å². The summed E-state index contributed by atoms with van der Waals surface area (Å²) in [4.78, 5) is 10.5. The molecule has 1 atom stereocenters. The van der Waals surface area contributed by atoms with Crippen LogP contribution >= 0.6 is 0 Å². The van der Waals surface area contributed by atoms with E-state index in [1.54, 1.807) is 0 Å². The second-order valence-corrected chi connectivity index (χ2v) is 5.41. The number of ether oxygens (including phenoxy) is 1. The van der Waals surface area contributed by atoms with Crippen LogP contribution in [0.1, 0.15) is 52.9 Å². The van der Waals surface area contributed by atoms with E-state index in [1.165, 1.54) is 12.8 Å². The van der Waals surface area contributed by atoms with Gasteiger partial charge in [-0.2, -0.15) is 0 Å². The van der Waals surface area contributed by atoms with Crippen LogP contribution in [-0.4, -0.2) is 23.3 Å². The van der Waals surface area contributed by atoms with Crippen LogP contribution in [0, 0.1) is 5.41 Å². The second-order valence-electron chi connectivity index (χ2n) is 5.41. The first-order valence-corrected chi connectivity index (χ1v) is 5.76. The molecular weight excluding hydrogens is 192 g/mol. The van der Waals surface area contributed by atoms with E-state index in [1.807, 2.05) is 6.92 Å². The fraction of sp³-hybridized carbons (Fsp3) is 0.917. The predicted molar refractivity (Wildman–Crippen MR) is 58.8 cm³/mol. The van der Waals surface area contributed by atoms with Crippen molar-refractivity contribution in [3.63, 3.8) is 0 Å². The van der Waals surface area contributed by atoms with E-state index in [-0.39, 0.29) is 18.6 Å². The zero-order valence-electron chi connectivity index (χ0n) is 9.95. The van der Waals surface area contributed by atoms with Gasteiger partial charge >= 0.3 is 5.97 Å². The van der Waals surface area contributed by atoms with Gasteiger partial charge in [-0.05, 0) is 38.0 Å². The normalized spacial score (nSPS) is 23.7. The molecule has 0 bridgehead atoms. The van der Waals surface area contributed by atoms with Crippen LogP contribution < -0.4 is 0 Å². The molecule has 1 saturated carbocycles. The molecule has 1 aliphatic rings. The Hall–Kier alpha value is -0.570. The highest BCUT2D eigenvalue weighted by Crippen LogP contribution is 2.36. The first kappa shape index (κ1) is 12.5. The minimum atomic E-state index is -0.779. The minimum absolute atomic E-state index is 0.111. The molecule has 0 aromatic heterocycles. The van der Waals surface area contributed by atoms with Crippen LogP contribution in [0.25, 0.3) is 0 Å². The molecule has 0 aromatic rings. The fourth-order valence-corrected chi connectivity index (χ4v) is 2.13. The highest BCUT2D eigenvalue weighted by Gasteiger charge is 2.28. The summed E-state index contributed by atoms with van der Waals surface area (Å²) in [5.74, 6) is -0.779. The monoisotopic (exact) mass is 214 g/mol. The number of hydrogen-bond donors (Lipinski definition) is 1. The van der Waals surface area contributed by atoms with Crippen molar-refractivity contribution in [3.8, 4) is 0 Å². The Kier molecular flexibility index (Phi) is 4.14. The Morgan fingerprint density at radius 3 is 2.47 bits per heavy atom. The molecule has 0 amide bonds. The summed E-state index contributed by atoms with van der Waals surface area (Å²) in [6.45, 7) is 6.40. The molecule has 3 nitrogen and oxygen atoms in total. The molecule has 0 aromatic carbocycles. The van der Waals surface area contributed by atoms with Gasteiger partial charge in [0.2, 0.25) is 0 Å². The van der Waals surface area contributed by atoms with Crippen molar-refractivity contribution in [1.29, 1.82) is 0 Å². The van der Waals surface area contributed by atoms with E-state index in [0.29, 0.717) is 5.41 Å². The van der Waals surface area contributed by atoms with Gasteiger partial charge in [-0.25, -0.2) is 0 Å². The molecule has 1 N–H and O–H groups in total. The van der Waals surface area contributed by atoms with E-state index in [9.17, 15) is 4.79 Å². The molecule has 1 fully saturated rings. The molecular formula is C12H22O3. The van der Waals surface area contributed by atoms with Gasteiger partial charge in [0.1, 0.15) is 0 Å². The zero-order chi connectivity index (χ0) is 11.5. The van der Waals surface area contributed by atoms with Crippen LogP contribution in [0.5, 0.6) is 0 Å². The average molecular weight is 214 g/mol. The van der Waals surface area contributed by atoms with E-state index in [2.05, 4.69) is 13.8 Å². The van der Waals surface area contributed by atoms with Crippen molar-refractivity contribution in [2.24, 2.45) is 5.41 Å². The first-order chi connectivity index (χ1) is 6.89. The third-order valence-corrected chi connectivity index (χ3v) is 3.17. The molecule has 0 unspecified atom stereocenters. The Bertz CT molecular complexity index is 213. The van der Waals surface area contributed by atoms with Crippen molar-refractivity contribution < 1.29 is 14.6 Å². The number of aliphatic carboxylic acids is 1. The largest absolute Gasteiger partial charge is 0.481 e. The maximum atomic E-state index is 10.5. The van der Waals surface area contributed by atoms with Gasteiger partial charge in [-0.3, -0.25) is 4.79 Å². The third-order valence-electron chi connectivity index (χ3n) is 3.17. The lowest BCUT2D eigenvalue weighted by atomic mass is 9.76. The second kappa shape index (κ2) is 4.97. The summed E-state index contributed by atoms with van der Waals surface area (Å²) >= 11 is 0. The zero-order valence-corrected chi connectivity index (χ0v) is 9.95. The molecule has 0 aliphatic heterocycles. The number of hydrogen-bond acceptors (Lipinski definition) is 2. The van der Waals surface area contributed by atoms with E-state index >= 15 is 0 Å². The van der Waals surface area contributed by atoms with Gasteiger partial charge in [0, 0.05) is 0 Å². The van der Waals surface area contributed by atoms with Crippen molar-refractivity contribution in [2.75, 3.05) is 0 Å². The maximum absolute atomic E-state index is 10.5. The summed E-state index contributed by atoms with van der Waals surface area (Å²) in [5, 5.41) is 8.62. The van der Waals surface area contributed by atoms with Crippen LogP contribution in [0.15, 0.2) is 0 Å². The molecule has 0 saturated heterocycles. The lowest BCUT2D eigenvalue weighted by Gasteiger charge is -2.35. The average Bonchev–Trinajstić information content (AvgIpc) is 2.07. The highest BCUT2D eigenvalue weighted by molar-refractivity contribution is 5.67. The lowest BCUT2D eigenvalue weighted by Crippen LogP contribution is -2.29. The Morgan fingerprint density at radius 1 is 1.47 bits per heavy atom. The quantitative estimate of drug-likeness (QED) is 0.782. The highest BCUT2D eigenvalue weighted by atomic mass is 16.5. The summed E-state index contributed by atoms with van der Waals surface area (Å²) < 4.78 is 5.71. The Morgan fingerprint density at radius 2 is 2.00 bits per heavy atom. The topological polar surface area (TPSA) is 46.5 Å². The Labute approximate surface area is 91.8 Å². The lowest BCUT2D eigenvalue weighted by molar-refractivity contribution is -0.141. The van der Waals surface area contributed by atoms with Gasteiger partial charge < -0.3 is 9.84 Å². The van der Waals surface area contributed by atoms with Gasteiger partial charge in [-0.15, -0.1) is 0 Å². The van der Waals surface area contributed by atoms with Gasteiger partial charge in [-0.1, -0.05) is 13.8 Å². The molecule has 0 radical (unpaired) electrons. The van der Waals surface area contributed by atoms with Crippen molar-refractivity contribution in [1.82, 2.24) is 0 Å². The fourth-order valence-electron chi connectivity index (χ4n) is 2.13. The number of carbonyl (C=O) groups is 1. The third kappa shape index (κ3) is 4.65. The summed E-state index contributed by atoms with van der Waals surface area (Å²) in [6, 6.07) is 0. The molecule has 1 aliphatic carbocycles. The summed E-state index contributed by atoms with van der Waals surface area (Å²) in [6.07, 6.45) is 4.71. The first-order valence-electron chi connectivity index (χ1n) is 5.76. The van der Waals surface area contributed by atoms with Gasteiger partial charge in [0.25, 0.3) is 0 Å². The molecule has 1 rings (SSSR count). The van der Waals surface area contributed by atoms with E-state index in [4.69, 9.17) is 9.84 Å². The van der Waals surface area contributed by atoms with Gasteiger partial charge in [0.05, 0.1) is 18.6 Å². The number of carboxylic acid groups (broad SMARTS) is 1. The van der Waals surface area contributed by atoms with Crippen LogP contribution in [0.3, 0.4) is 0 Å². The summed E-state index contributed by atoms with van der Waals surface area (Å²) in [7, 11) is 0. The standard InChI is InChI=1S/C12H22O3/c1-9(8-11(13)14)15-10-4-6-12(2,3)7-5-10/h9-10H,4-8H2,1-3H3,(H,13,14)/t9-/m0/s1. The van der Waals surface area contributed by atoms with Crippen LogP contribution in [-0.2, 0) is 9.53 Å². The van der Waals surface area contributed by atoms with E-state index in [0.717, 1.165) is 12.8 Å². The SMILES string of the molecule is C[C@@H](CC(=O)O)OC1CCC(C)(C)CC1. The molecule has 88 valence electrons. The van der Waals surface area contributed by atoms with Gasteiger partial charge in [0.15, 0.2) is 0 Å². The molecule has 15 heavy (non-hydrogen) atoms. The van der Waals surface area contributed by atoms with Crippen molar-refractivity contribution in [2.45, 2.75) is 65.1 Å². The maximum Gasteiger partial charge on any atom is 0.305 e.